The molecule has 0 saturated heterocycles. The van der Waals surface area contributed by atoms with Crippen molar-refractivity contribution in [2.75, 3.05) is 0 Å². The molecule has 0 aromatic rings. The van der Waals surface area contributed by atoms with Gasteiger partial charge in [0.2, 0.25) is 0 Å². The summed E-state index contributed by atoms with van der Waals surface area (Å²) in [5.74, 6) is 0.0362. The number of nitriles is 2. The number of ketones is 1. The van der Waals surface area contributed by atoms with Gasteiger partial charge in [0.25, 0.3) is 0 Å². The maximum absolute atomic E-state index is 11.4. The summed E-state index contributed by atoms with van der Waals surface area (Å²) in [6, 6.07) is 4.35. The van der Waals surface area contributed by atoms with Crippen molar-refractivity contribution in [1.29, 1.82) is 10.5 Å². The number of allylic oxidation sites excluding steroid dienone is 4. The molecule has 0 heterocycles. The summed E-state index contributed by atoms with van der Waals surface area (Å²) in [5, 5.41) is 19.0. The first-order valence-electron chi connectivity index (χ1n) is 6.49. The number of nitrogens with zero attached hydrogens (tertiary/aromatic N) is 2. The highest BCUT2D eigenvalue weighted by molar-refractivity contribution is 5.93. The molecule has 0 atom stereocenters. The summed E-state index contributed by atoms with van der Waals surface area (Å²) in [4.78, 5) is 11.4. The van der Waals surface area contributed by atoms with Crippen LogP contribution in [0, 0.1) is 28.1 Å². The van der Waals surface area contributed by atoms with Gasteiger partial charge in [-0.25, -0.2) is 0 Å². The largest absolute Gasteiger partial charge is 0.295 e. The molecule has 0 unspecified atom stereocenters. The van der Waals surface area contributed by atoms with Crippen LogP contribution >= 0.6 is 0 Å². The van der Waals surface area contributed by atoms with Gasteiger partial charge in [-0.2, -0.15) is 10.5 Å². The van der Waals surface area contributed by atoms with E-state index >= 15 is 0 Å². The fraction of sp³-hybridized carbons (Fsp3) is 0.533. The Morgan fingerprint density at radius 1 is 1.00 bits per heavy atom. The topological polar surface area (TPSA) is 64.7 Å². The normalized spacial score (nSPS) is 20.4. The van der Waals surface area contributed by atoms with E-state index in [4.69, 9.17) is 0 Å². The Morgan fingerprint density at radius 2 is 1.78 bits per heavy atom. The highest BCUT2D eigenvalue weighted by Crippen LogP contribution is 2.42. The molecular weight excluding hydrogens is 224 g/mol. The Hall–Kier alpha value is -1.87. The number of hydrogen-bond acceptors (Lipinski definition) is 3. The van der Waals surface area contributed by atoms with E-state index in [0.717, 1.165) is 37.7 Å². The third kappa shape index (κ3) is 2.09. The molecule has 2 rings (SSSR count). The highest BCUT2D eigenvalue weighted by atomic mass is 16.1. The molecule has 2 aliphatic rings. The Balaban J connectivity index is 2.42. The van der Waals surface area contributed by atoms with Crippen molar-refractivity contribution in [1.82, 2.24) is 0 Å². The van der Waals surface area contributed by atoms with Gasteiger partial charge in [0.05, 0.1) is 12.1 Å². The van der Waals surface area contributed by atoms with Crippen molar-refractivity contribution in [3.63, 3.8) is 0 Å². The van der Waals surface area contributed by atoms with Crippen molar-refractivity contribution in [2.45, 2.75) is 44.9 Å². The molecule has 0 bridgehead atoms. The van der Waals surface area contributed by atoms with Gasteiger partial charge in [-0.05, 0) is 49.3 Å². The number of rotatable bonds is 2. The molecular formula is C15H16N2O. The van der Waals surface area contributed by atoms with Crippen molar-refractivity contribution in [3.05, 3.63) is 23.3 Å². The maximum Gasteiger partial charge on any atom is 0.186 e. The van der Waals surface area contributed by atoms with Crippen LogP contribution in [0.1, 0.15) is 44.9 Å². The minimum atomic E-state index is -1.18. The molecule has 0 fully saturated rings. The molecule has 0 N–H and O–H groups in total. The average molecular weight is 240 g/mol. The molecule has 2 aliphatic carbocycles. The van der Waals surface area contributed by atoms with Crippen LogP contribution in [0.5, 0.6) is 0 Å². The predicted molar refractivity (Wildman–Crippen MR) is 67.2 cm³/mol. The first-order valence-corrected chi connectivity index (χ1v) is 6.49. The van der Waals surface area contributed by atoms with Crippen molar-refractivity contribution < 1.29 is 4.79 Å². The molecule has 0 aliphatic heterocycles. The summed E-state index contributed by atoms with van der Waals surface area (Å²) in [6.07, 6.45) is 9.57. The van der Waals surface area contributed by atoms with Crippen LogP contribution in [-0.2, 0) is 4.79 Å². The molecule has 0 saturated carbocycles. The zero-order valence-electron chi connectivity index (χ0n) is 10.4. The van der Waals surface area contributed by atoms with E-state index in [1.165, 1.54) is 6.08 Å². The van der Waals surface area contributed by atoms with Gasteiger partial charge in [0, 0.05) is 6.42 Å². The quantitative estimate of drug-likeness (QED) is 0.696. The van der Waals surface area contributed by atoms with Gasteiger partial charge < -0.3 is 0 Å². The Morgan fingerprint density at radius 3 is 2.39 bits per heavy atom. The van der Waals surface area contributed by atoms with E-state index in [9.17, 15) is 15.3 Å². The average Bonchev–Trinajstić information content (AvgIpc) is 2.67. The highest BCUT2D eigenvalue weighted by Gasteiger charge is 2.40. The smallest absolute Gasteiger partial charge is 0.186 e. The van der Waals surface area contributed by atoms with Crippen molar-refractivity contribution in [2.24, 2.45) is 5.41 Å². The fourth-order valence-electron chi connectivity index (χ4n) is 2.77. The van der Waals surface area contributed by atoms with Crippen molar-refractivity contribution >= 4 is 5.78 Å². The fourth-order valence-corrected chi connectivity index (χ4v) is 2.77. The van der Waals surface area contributed by atoms with E-state index in [2.05, 4.69) is 12.1 Å². The summed E-state index contributed by atoms with van der Waals surface area (Å²) in [6.45, 7) is 0. The number of carbonyl (C=O) groups excluding carboxylic acids is 1. The SMILES string of the molecule is N#CC(C#N)(C1=CCCCCC1)C1=CC(=O)CC1. The van der Waals surface area contributed by atoms with E-state index < -0.39 is 5.41 Å². The summed E-state index contributed by atoms with van der Waals surface area (Å²) in [7, 11) is 0. The van der Waals surface area contributed by atoms with Gasteiger partial charge in [-0.15, -0.1) is 0 Å². The zero-order chi connectivity index (χ0) is 13.0. The second kappa shape index (κ2) is 5.19. The van der Waals surface area contributed by atoms with E-state index in [-0.39, 0.29) is 5.78 Å². The maximum atomic E-state index is 11.4. The Kier molecular flexibility index (Phi) is 3.63. The molecule has 0 spiro atoms. The van der Waals surface area contributed by atoms with Gasteiger partial charge in [-0.1, -0.05) is 12.5 Å². The zero-order valence-corrected chi connectivity index (χ0v) is 10.4. The number of carbonyl (C=O) groups is 1. The minimum absolute atomic E-state index is 0.0362. The first kappa shape index (κ1) is 12.6. The number of hydrogen-bond donors (Lipinski definition) is 0. The molecule has 0 aromatic heterocycles. The minimum Gasteiger partial charge on any atom is -0.295 e. The van der Waals surface area contributed by atoms with Crippen LogP contribution in [0.4, 0.5) is 0 Å². The van der Waals surface area contributed by atoms with Crippen LogP contribution in [0.15, 0.2) is 23.3 Å². The Labute approximate surface area is 107 Å². The van der Waals surface area contributed by atoms with Crippen LogP contribution < -0.4 is 0 Å². The van der Waals surface area contributed by atoms with Gasteiger partial charge >= 0.3 is 0 Å². The van der Waals surface area contributed by atoms with Gasteiger partial charge in [-0.3, -0.25) is 4.79 Å². The Bertz CT molecular complexity index is 486. The lowest BCUT2D eigenvalue weighted by Crippen LogP contribution is -2.21. The lowest BCUT2D eigenvalue weighted by molar-refractivity contribution is -0.114. The second-order valence-electron chi connectivity index (χ2n) is 4.94. The third-order valence-corrected chi connectivity index (χ3v) is 3.82. The molecule has 92 valence electrons. The van der Waals surface area contributed by atoms with Gasteiger partial charge in [0.1, 0.15) is 0 Å². The standard InChI is InChI=1S/C15H16N2O/c16-10-15(11-17,13-7-8-14(18)9-13)12-5-3-1-2-4-6-12/h5,9H,1-4,6-8H2. The van der Waals surface area contributed by atoms with E-state index in [1.54, 1.807) is 0 Å². The second-order valence-corrected chi connectivity index (χ2v) is 4.94. The van der Waals surface area contributed by atoms with E-state index in [0.29, 0.717) is 18.4 Å². The summed E-state index contributed by atoms with van der Waals surface area (Å²) < 4.78 is 0. The van der Waals surface area contributed by atoms with Crippen LogP contribution in [0.2, 0.25) is 0 Å². The molecule has 3 nitrogen and oxygen atoms in total. The predicted octanol–water partition coefficient (Wildman–Crippen LogP) is 3.20. The molecule has 0 radical (unpaired) electrons. The lowest BCUT2D eigenvalue weighted by atomic mass is 9.74. The summed E-state index contributed by atoms with van der Waals surface area (Å²) >= 11 is 0. The van der Waals surface area contributed by atoms with Crippen LogP contribution in [-0.4, -0.2) is 5.78 Å². The third-order valence-electron chi connectivity index (χ3n) is 3.82. The monoisotopic (exact) mass is 240 g/mol. The first-order chi connectivity index (χ1) is 8.73. The lowest BCUT2D eigenvalue weighted by Gasteiger charge is -2.23. The van der Waals surface area contributed by atoms with Crippen molar-refractivity contribution in [3.8, 4) is 12.1 Å². The van der Waals surface area contributed by atoms with Gasteiger partial charge in [0.15, 0.2) is 11.2 Å². The summed E-state index contributed by atoms with van der Waals surface area (Å²) in [5.41, 5.74) is 0.424. The molecule has 18 heavy (non-hydrogen) atoms. The van der Waals surface area contributed by atoms with Crippen LogP contribution in [0.25, 0.3) is 0 Å². The molecule has 0 amide bonds. The van der Waals surface area contributed by atoms with E-state index in [1.807, 2.05) is 6.08 Å². The molecule has 0 aromatic carbocycles. The molecule has 3 heteroatoms. The van der Waals surface area contributed by atoms with Crippen LogP contribution in [0.3, 0.4) is 0 Å².